The van der Waals surface area contributed by atoms with E-state index < -0.39 is 5.97 Å². The number of carbonyl (C=O) groups is 1. The van der Waals surface area contributed by atoms with Gasteiger partial charge < -0.3 is 10.4 Å². The highest BCUT2D eigenvalue weighted by Crippen LogP contribution is 2.24. The van der Waals surface area contributed by atoms with Crippen molar-refractivity contribution in [3.8, 4) is 0 Å². The van der Waals surface area contributed by atoms with Crippen LogP contribution in [0.5, 0.6) is 0 Å². The van der Waals surface area contributed by atoms with E-state index in [0.717, 1.165) is 6.42 Å². The van der Waals surface area contributed by atoms with Gasteiger partial charge in [-0.2, -0.15) is 0 Å². The Kier molecular flexibility index (Phi) is 4.82. The second-order valence-corrected chi connectivity index (χ2v) is 4.83. The van der Waals surface area contributed by atoms with Crippen LogP contribution < -0.4 is 5.32 Å². The van der Waals surface area contributed by atoms with E-state index >= 15 is 0 Å². The summed E-state index contributed by atoms with van der Waals surface area (Å²) >= 11 is 5.89. The SMILES string of the molecule is CCC(Nc1cc(Cl)ccc1C(=O)O)C(C)C. The van der Waals surface area contributed by atoms with Gasteiger partial charge in [-0.05, 0) is 30.5 Å². The van der Waals surface area contributed by atoms with Crippen molar-refractivity contribution in [3.63, 3.8) is 0 Å². The Bertz CT molecular complexity index is 404. The van der Waals surface area contributed by atoms with E-state index in [4.69, 9.17) is 16.7 Å². The van der Waals surface area contributed by atoms with Crippen molar-refractivity contribution in [2.75, 3.05) is 5.32 Å². The molecule has 0 amide bonds. The van der Waals surface area contributed by atoms with Gasteiger partial charge in [-0.3, -0.25) is 0 Å². The lowest BCUT2D eigenvalue weighted by Gasteiger charge is -2.23. The van der Waals surface area contributed by atoms with Crippen LogP contribution in [0.1, 0.15) is 37.6 Å². The van der Waals surface area contributed by atoms with Crippen LogP contribution in [0.25, 0.3) is 0 Å². The third kappa shape index (κ3) is 3.63. The summed E-state index contributed by atoms with van der Waals surface area (Å²) in [7, 11) is 0. The molecule has 0 saturated heterocycles. The highest BCUT2D eigenvalue weighted by molar-refractivity contribution is 6.31. The number of hydrogen-bond acceptors (Lipinski definition) is 2. The number of anilines is 1. The second-order valence-electron chi connectivity index (χ2n) is 4.40. The summed E-state index contributed by atoms with van der Waals surface area (Å²) in [6.07, 6.45) is 0.934. The van der Waals surface area contributed by atoms with E-state index in [0.29, 0.717) is 16.6 Å². The van der Waals surface area contributed by atoms with Gasteiger partial charge in [0, 0.05) is 11.1 Å². The van der Waals surface area contributed by atoms with Crippen LogP contribution in [0.15, 0.2) is 18.2 Å². The number of hydrogen-bond donors (Lipinski definition) is 2. The lowest BCUT2D eigenvalue weighted by molar-refractivity contribution is 0.0698. The Hall–Kier alpha value is -1.22. The minimum atomic E-state index is -0.942. The summed E-state index contributed by atoms with van der Waals surface area (Å²) in [5.41, 5.74) is 0.846. The molecule has 0 aromatic heterocycles. The molecule has 0 saturated carbocycles. The standard InChI is InChI=1S/C13H18ClNO2/c1-4-11(8(2)3)15-12-7-9(14)5-6-10(12)13(16)17/h5-8,11,15H,4H2,1-3H3,(H,16,17). The van der Waals surface area contributed by atoms with Crippen molar-refractivity contribution in [2.45, 2.75) is 33.2 Å². The van der Waals surface area contributed by atoms with Crippen molar-refractivity contribution in [3.05, 3.63) is 28.8 Å². The molecule has 3 nitrogen and oxygen atoms in total. The largest absolute Gasteiger partial charge is 0.478 e. The predicted octanol–water partition coefficient (Wildman–Crippen LogP) is 3.88. The Labute approximate surface area is 107 Å². The van der Waals surface area contributed by atoms with Crippen LogP contribution in [0, 0.1) is 5.92 Å². The molecule has 0 heterocycles. The summed E-state index contributed by atoms with van der Waals surface area (Å²) in [4.78, 5) is 11.1. The zero-order valence-electron chi connectivity index (χ0n) is 10.3. The molecule has 1 atom stereocenters. The fourth-order valence-electron chi connectivity index (χ4n) is 1.76. The third-order valence-corrected chi connectivity index (χ3v) is 3.03. The average molecular weight is 256 g/mol. The molecule has 1 aromatic carbocycles. The van der Waals surface area contributed by atoms with Gasteiger partial charge >= 0.3 is 5.97 Å². The molecule has 17 heavy (non-hydrogen) atoms. The first-order chi connectivity index (χ1) is 7.95. The first kappa shape index (κ1) is 13.8. The molecule has 1 rings (SSSR count). The van der Waals surface area contributed by atoms with E-state index in [1.54, 1.807) is 12.1 Å². The lowest BCUT2D eigenvalue weighted by Crippen LogP contribution is -2.25. The van der Waals surface area contributed by atoms with Crippen molar-refractivity contribution in [1.29, 1.82) is 0 Å². The zero-order chi connectivity index (χ0) is 13.0. The van der Waals surface area contributed by atoms with Gasteiger partial charge in [0.05, 0.1) is 11.3 Å². The summed E-state index contributed by atoms with van der Waals surface area (Å²) in [6, 6.07) is 5.02. The average Bonchev–Trinajstić information content (AvgIpc) is 2.25. The number of aromatic carboxylic acids is 1. The number of nitrogens with one attached hydrogen (secondary N) is 1. The highest BCUT2D eigenvalue weighted by atomic mass is 35.5. The van der Waals surface area contributed by atoms with Crippen LogP contribution in [0.3, 0.4) is 0 Å². The summed E-state index contributed by atoms with van der Waals surface area (Å²) in [5, 5.41) is 12.9. The van der Waals surface area contributed by atoms with Gasteiger partial charge in [-0.25, -0.2) is 4.79 Å². The normalized spacial score (nSPS) is 12.5. The summed E-state index contributed by atoms with van der Waals surface area (Å²) < 4.78 is 0. The fourth-order valence-corrected chi connectivity index (χ4v) is 1.93. The molecule has 94 valence electrons. The Morgan fingerprint density at radius 3 is 2.59 bits per heavy atom. The molecule has 1 aromatic rings. The van der Waals surface area contributed by atoms with Crippen molar-refractivity contribution in [2.24, 2.45) is 5.92 Å². The summed E-state index contributed by atoms with van der Waals surface area (Å²) in [6.45, 7) is 6.28. The molecule has 0 spiro atoms. The molecule has 0 bridgehead atoms. The molecule has 0 fully saturated rings. The van der Waals surface area contributed by atoms with Gasteiger partial charge in [-0.1, -0.05) is 32.4 Å². The number of carboxylic acid groups (broad SMARTS) is 1. The van der Waals surface area contributed by atoms with E-state index in [-0.39, 0.29) is 11.6 Å². The monoisotopic (exact) mass is 255 g/mol. The van der Waals surface area contributed by atoms with E-state index in [2.05, 4.69) is 26.1 Å². The molecular formula is C13H18ClNO2. The maximum Gasteiger partial charge on any atom is 0.337 e. The molecule has 0 radical (unpaired) electrons. The number of carboxylic acids is 1. The van der Waals surface area contributed by atoms with Crippen LogP contribution in [0.2, 0.25) is 5.02 Å². The van der Waals surface area contributed by atoms with Gasteiger partial charge in [-0.15, -0.1) is 0 Å². The van der Waals surface area contributed by atoms with Crippen molar-refractivity contribution >= 4 is 23.3 Å². The Balaban J connectivity index is 3.03. The second kappa shape index (κ2) is 5.92. The third-order valence-electron chi connectivity index (χ3n) is 2.80. The highest BCUT2D eigenvalue weighted by Gasteiger charge is 2.15. The Morgan fingerprint density at radius 1 is 1.47 bits per heavy atom. The molecule has 1 unspecified atom stereocenters. The zero-order valence-corrected chi connectivity index (χ0v) is 11.1. The van der Waals surface area contributed by atoms with Gasteiger partial charge in [0.2, 0.25) is 0 Å². The lowest BCUT2D eigenvalue weighted by atomic mass is 10.0. The molecule has 2 N–H and O–H groups in total. The van der Waals surface area contributed by atoms with Gasteiger partial charge in [0.15, 0.2) is 0 Å². The van der Waals surface area contributed by atoms with E-state index in [1.807, 2.05) is 0 Å². The van der Waals surface area contributed by atoms with E-state index in [1.165, 1.54) is 6.07 Å². The smallest absolute Gasteiger partial charge is 0.337 e. The van der Waals surface area contributed by atoms with E-state index in [9.17, 15) is 4.79 Å². The Morgan fingerprint density at radius 2 is 2.12 bits per heavy atom. The summed E-state index contributed by atoms with van der Waals surface area (Å²) in [5.74, 6) is -0.511. The molecular weight excluding hydrogens is 238 g/mol. The number of halogens is 1. The molecule has 4 heteroatoms. The molecule has 0 aliphatic heterocycles. The molecule has 0 aliphatic carbocycles. The topological polar surface area (TPSA) is 49.3 Å². The van der Waals surface area contributed by atoms with Crippen LogP contribution in [0.4, 0.5) is 5.69 Å². The number of rotatable bonds is 5. The number of benzene rings is 1. The van der Waals surface area contributed by atoms with Gasteiger partial charge in [0.1, 0.15) is 0 Å². The van der Waals surface area contributed by atoms with Crippen LogP contribution in [-0.4, -0.2) is 17.1 Å². The van der Waals surface area contributed by atoms with Crippen LogP contribution in [-0.2, 0) is 0 Å². The molecule has 0 aliphatic rings. The van der Waals surface area contributed by atoms with Crippen LogP contribution >= 0.6 is 11.6 Å². The maximum atomic E-state index is 11.1. The minimum Gasteiger partial charge on any atom is -0.478 e. The van der Waals surface area contributed by atoms with Crippen molar-refractivity contribution < 1.29 is 9.90 Å². The minimum absolute atomic E-state index is 0.242. The van der Waals surface area contributed by atoms with Crippen molar-refractivity contribution in [1.82, 2.24) is 0 Å². The predicted molar refractivity (Wildman–Crippen MR) is 71.0 cm³/mol. The van der Waals surface area contributed by atoms with Gasteiger partial charge in [0.25, 0.3) is 0 Å². The fraction of sp³-hybridized carbons (Fsp3) is 0.462. The first-order valence-corrected chi connectivity index (χ1v) is 6.12. The first-order valence-electron chi connectivity index (χ1n) is 5.75. The quantitative estimate of drug-likeness (QED) is 0.839. The maximum absolute atomic E-state index is 11.1.